The van der Waals surface area contributed by atoms with E-state index in [9.17, 15) is 9.18 Å². The van der Waals surface area contributed by atoms with Gasteiger partial charge in [-0.2, -0.15) is 0 Å². The molecule has 1 aliphatic carbocycles. The zero-order chi connectivity index (χ0) is 8.55. The molecule has 0 aliphatic heterocycles. The predicted octanol–water partition coefficient (Wildman–Crippen LogP) is 1.74. The Balaban J connectivity index is 2.35. The summed E-state index contributed by atoms with van der Waals surface area (Å²) in [7, 11) is 0. The summed E-state index contributed by atoms with van der Waals surface area (Å²) in [4.78, 5) is 10.5. The molecule has 1 atom stereocenters. The van der Waals surface area contributed by atoms with Crippen LogP contribution < -0.4 is 0 Å². The Bertz CT molecular complexity index is 320. The van der Waals surface area contributed by atoms with Crippen molar-refractivity contribution in [2.24, 2.45) is 5.92 Å². The second-order valence-corrected chi connectivity index (χ2v) is 3.22. The van der Waals surface area contributed by atoms with E-state index in [4.69, 9.17) is 0 Å². The van der Waals surface area contributed by atoms with E-state index in [0.717, 1.165) is 23.8 Å². The van der Waals surface area contributed by atoms with Crippen LogP contribution in [0.1, 0.15) is 11.1 Å². The fourth-order valence-electron chi connectivity index (χ4n) is 1.72. The number of carbonyl (C=O) groups excluding carboxylic acids is 1. The minimum absolute atomic E-state index is 0.0711. The van der Waals surface area contributed by atoms with Crippen molar-refractivity contribution in [3.63, 3.8) is 0 Å². The van der Waals surface area contributed by atoms with Gasteiger partial charge in [0.05, 0.1) is 0 Å². The maximum atomic E-state index is 12.7. The van der Waals surface area contributed by atoms with E-state index in [1.807, 2.05) is 0 Å². The summed E-state index contributed by atoms with van der Waals surface area (Å²) in [5.41, 5.74) is 2.11. The first-order chi connectivity index (χ1) is 5.79. The van der Waals surface area contributed by atoms with E-state index in [1.165, 1.54) is 12.1 Å². The molecule has 2 heteroatoms. The molecule has 0 saturated carbocycles. The Morgan fingerprint density at radius 1 is 1.33 bits per heavy atom. The Labute approximate surface area is 70.2 Å². The van der Waals surface area contributed by atoms with Crippen molar-refractivity contribution in [1.29, 1.82) is 0 Å². The largest absolute Gasteiger partial charge is 0.303 e. The molecule has 1 nitrogen and oxygen atoms in total. The molecule has 1 aliphatic rings. The van der Waals surface area contributed by atoms with Gasteiger partial charge in [-0.3, -0.25) is 0 Å². The lowest BCUT2D eigenvalue weighted by molar-refractivity contribution is -0.110. The zero-order valence-electron chi connectivity index (χ0n) is 6.59. The summed E-state index contributed by atoms with van der Waals surface area (Å²) in [6.07, 6.45) is 2.44. The molecule has 0 spiro atoms. The third kappa shape index (κ3) is 1.13. The standard InChI is InChI=1S/C10H9FO/c11-10-2-1-8-3-7(6-12)4-9(8)5-10/h1-2,5-7H,3-4H2. The van der Waals surface area contributed by atoms with Crippen LogP contribution in [-0.2, 0) is 17.6 Å². The third-order valence-corrected chi connectivity index (χ3v) is 2.32. The van der Waals surface area contributed by atoms with Gasteiger partial charge < -0.3 is 4.79 Å². The lowest BCUT2D eigenvalue weighted by Gasteiger charge is -1.95. The summed E-state index contributed by atoms with van der Waals surface area (Å²) in [5, 5.41) is 0. The Morgan fingerprint density at radius 3 is 2.83 bits per heavy atom. The van der Waals surface area contributed by atoms with Gasteiger partial charge in [-0.25, -0.2) is 4.39 Å². The number of hydrogen-bond donors (Lipinski definition) is 0. The maximum Gasteiger partial charge on any atom is 0.123 e. The van der Waals surface area contributed by atoms with E-state index in [-0.39, 0.29) is 11.7 Å². The Hall–Kier alpha value is -1.18. The summed E-state index contributed by atoms with van der Waals surface area (Å²) in [5.74, 6) is -0.137. The molecule has 0 N–H and O–H groups in total. The molecule has 1 unspecified atom stereocenters. The molecule has 0 aromatic heterocycles. The van der Waals surface area contributed by atoms with Crippen LogP contribution in [-0.4, -0.2) is 6.29 Å². The van der Waals surface area contributed by atoms with Gasteiger partial charge in [-0.05, 0) is 36.1 Å². The molecule has 1 aromatic carbocycles. The smallest absolute Gasteiger partial charge is 0.123 e. The van der Waals surface area contributed by atoms with E-state index in [0.29, 0.717) is 6.42 Å². The van der Waals surface area contributed by atoms with Gasteiger partial charge in [0.1, 0.15) is 12.1 Å². The monoisotopic (exact) mass is 164 g/mol. The van der Waals surface area contributed by atoms with Gasteiger partial charge >= 0.3 is 0 Å². The molecular weight excluding hydrogens is 155 g/mol. The highest BCUT2D eigenvalue weighted by atomic mass is 19.1. The number of rotatable bonds is 1. The number of halogens is 1. The number of fused-ring (bicyclic) bond motifs is 1. The average molecular weight is 164 g/mol. The van der Waals surface area contributed by atoms with Crippen LogP contribution in [0.5, 0.6) is 0 Å². The van der Waals surface area contributed by atoms with Gasteiger partial charge in [0, 0.05) is 5.92 Å². The van der Waals surface area contributed by atoms with Crippen molar-refractivity contribution in [2.45, 2.75) is 12.8 Å². The van der Waals surface area contributed by atoms with Gasteiger partial charge in [0.2, 0.25) is 0 Å². The normalized spacial score (nSPS) is 20.6. The minimum atomic E-state index is -0.208. The SMILES string of the molecule is O=CC1Cc2ccc(F)cc2C1. The molecule has 0 fully saturated rings. The zero-order valence-corrected chi connectivity index (χ0v) is 6.59. The van der Waals surface area contributed by atoms with Crippen molar-refractivity contribution in [3.8, 4) is 0 Å². The molecule has 0 heterocycles. The number of hydrogen-bond acceptors (Lipinski definition) is 1. The molecule has 1 aromatic rings. The maximum absolute atomic E-state index is 12.7. The van der Waals surface area contributed by atoms with Crippen LogP contribution in [0.25, 0.3) is 0 Å². The fourth-order valence-corrected chi connectivity index (χ4v) is 1.72. The molecule has 0 saturated heterocycles. The van der Waals surface area contributed by atoms with Crippen LogP contribution in [0, 0.1) is 11.7 Å². The Kier molecular flexibility index (Phi) is 1.68. The van der Waals surface area contributed by atoms with Crippen LogP contribution >= 0.6 is 0 Å². The first-order valence-electron chi connectivity index (χ1n) is 4.02. The van der Waals surface area contributed by atoms with Crippen LogP contribution in [0.15, 0.2) is 18.2 Å². The number of benzene rings is 1. The van der Waals surface area contributed by atoms with Crippen molar-refractivity contribution < 1.29 is 9.18 Å². The fraction of sp³-hybridized carbons (Fsp3) is 0.300. The van der Waals surface area contributed by atoms with E-state index >= 15 is 0 Å². The number of aldehydes is 1. The van der Waals surface area contributed by atoms with Gasteiger partial charge in [-0.1, -0.05) is 6.07 Å². The average Bonchev–Trinajstić information content (AvgIpc) is 2.46. The summed E-state index contributed by atoms with van der Waals surface area (Å²) in [6, 6.07) is 4.75. The number of carbonyl (C=O) groups is 1. The van der Waals surface area contributed by atoms with Gasteiger partial charge in [0.15, 0.2) is 0 Å². The molecular formula is C10H9FO. The van der Waals surface area contributed by atoms with E-state index in [1.54, 1.807) is 6.07 Å². The topological polar surface area (TPSA) is 17.1 Å². The molecule has 0 amide bonds. The second kappa shape index (κ2) is 2.70. The highest BCUT2D eigenvalue weighted by Gasteiger charge is 2.20. The summed E-state index contributed by atoms with van der Waals surface area (Å²) < 4.78 is 12.7. The summed E-state index contributed by atoms with van der Waals surface area (Å²) >= 11 is 0. The van der Waals surface area contributed by atoms with Crippen molar-refractivity contribution in [2.75, 3.05) is 0 Å². The molecule has 0 bridgehead atoms. The van der Waals surface area contributed by atoms with Crippen molar-refractivity contribution in [3.05, 3.63) is 35.1 Å². The minimum Gasteiger partial charge on any atom is -0.303 e. The first kappa shape index (κ1) is 7.47. The lowest BCUT2D eigenvalue weighted by Crippen LogP contribution is -1.99. The predicted molar refractivity (Wildman–Crippen MR) is 43.4 cm³/mol. The van der Waals surface area contributed by atoms with E-state index in [2.05, 4.69) is 0 Å². The van der Waals surface area contributed by atoms with Gasteiger partial charge in [0.25, 0.3) is 0 Å². The van der Waals surface area contributed by atoms with Crippen LogP contribution in [0.2, 0.25) is 0 Å². The quantitative estimate of drug-likeness (QED) is 0.578. The van der Waals surface area contributed by atoms with Crippen LogP contribution in [0.4, 0.5) is 4.39 Å². The lowest BCUT2D eigenvalue weighted by atomic mass is 10.1. The molecule has 12 heavy (non-hydrogen) atoms. The van der Waals surface area contributed by atoms with Crippen molar-refractivity contribution >= 4 is 6.29 Å². The first-order valence-corrected chi connectivity index (χ1v) is 4.02. The molecule has 0 radical (unpaired) electrons. The van der Waals surface area contributed by atoms with Crippen molar-refractivity contribution in [1.82, 2.24) is 0 Å². The Morgan fingerprint density at radius 2 is 2.08 bits per heavy atom. The molecule has 2 rings (SSSR count). The second-order valence-electron chi connectivity index (χ2n) is 3.22. The van der Waals surface area contributed by atoms with Gasteiger partial charge in [-0.15, -0.1) is 0 Å². The highest BCUT2D eigenvalue weighted by molar-refractivity contribution is 5.58. The van der Waals surface area contributed by atoms with Crippen LogP contribution in [0.3, 0.4) is 0 Å². The highest BCUT2D eigenvalue weighted by Crippen LogP contribution is 2.25. The third-order valence-electron chi connectivity index (χ3n) is 2.32. The molecule has 62 valence electrons. The van der Waals surface area contributed by atoms with E-state index < -0.39 is 0 Å². The summed E-state index contributed by atoms with van der Waals surface area (Å²) in [6.45, 7) is 0.